The molecular weight excluding hydrogens is 595 g/mol. The van der Waals surface area contributed by atoms with Crippen LogP contribution in [0.2, 0.25) is 0 Å². The van der Waals surface area contributed by atoms with Gasteiger partial charge in [0.1, 0.15) is 0 Å². The van der Waals surface area contributed by atoms with Gasteiger partial charge in [-0.1, -0.05) is 158 Å². The quantitative estimate of drug-likeness (QED) is 0.171. The van der Waals surface area contributed by atoms with E-state index in [1.54, 1.807) is 0 Å². The van der Waals surface area contributed by atoms with Gasteiger partial charge in [-0.25, -0.2) is 15.0 Å². The van der Waals surface area contributed by atoms with Crippen molar-refractivity contribution in [2.45, 2.75) is 31.1 Å². The Balaban J connectivity index is 1.20. The average molecular weight is 634 g/mol. The minimum Gasteiger partial charge on any atom is -0.208 e. The predicted octanol–water partition coefficient (Wildman–Crippen LogP) is 11.0. The van der Waals surface area contributed by atoms with Gasteiger partial charge in [-0.2, -0.15) is 0 Å². The van der Waals surface area contributed by atoms with Crippen LogP contribution in [0.4, 0.5) is 0 Å². The third kappa shape index (κ3) is 5.16. The predicted molar refractivity (Wildman–Crippen MR) is 200 cm³/mol. The Hall–Kier alpha value is -5.41. The van der Waals surface area contributed by atoms with Crippen LogP contribution in [0.3, 0.4) is 0 Å². The zero-order valence-corrected chi connectivity index (χ0v) is 27.6. The number of benzene rings is 5. The molecule has 1 aromatic heterocycles. The van der Waals surface area contributed by atoms with Crippen LogP contribution in [0.5, 0.6) is 0 Å². The average Bonchev–Trinajstić information content (AvgIpc) is 3.50. The van der Waals surface area contributed by atoms with Crippen LogP contribution in [0, 0.1) is 23.7 Å². The minimum absolute atomic E-state index is 0.125. The Bertz CT molecular complexity index is 2140. The lowest BCUT2D eigenvalue weighted by molar-refractivity contribution is 0.285. The van der Waals surface area contributed by atoms with E-state index in [-0.39, 0.29) is 5.41 Å². The molecule has 3 aliphatic rings. The molecule has 0 spiro atoms. The second kappa shape index (κ2) is 12.6. The second-order valence-electron chi connectivity index (χ2n) is 13.8. The molecule has 238 valence electrons. The summed E-state index contributed by atoms with van der Waals surface area (Å²) in [7, 11) is 0. The Kier molecular flexibility index (Phi) is 7.61. The number of nitrogens with zero attached hydrogens (tertiary/aromatic N) is 3. The molecule has 6 aromatic rings. The SMILES string of the molecule is C1=CC2C(CC1)C1C=CCCC1C2(c1ccccc1)c1cccc(-c2nc(-c3ccccc3)nc(-c3ccc(-c4ccccc4)cc3)n2)c1. The van der Waals surface area contributed by atoms with E-state index in [2.05, 4.69) is 140 Å². The van der Waals surface area contributed by atoms with Gasteiger partial charge in [0.25, 0.3) is 0 Å². The van der Waals surface area contributed by atoms with Crippen molar-refractivity contribution in [2.24, 2.45) is 23.7 Å². The summed E-state index contributed by atoms with van der Waals surface area (Å²) in [5.41, 5.74) is 8.02. The maximum absolute atomic E-state index is 5.18. The van der Waals surface area contributed by atoms with E-state index in [1.807, 2.05) is 24.3 Å². The van der Waals surface area contributed by atoms with E-state index in [4.69, 9.17) is 15.0 Å². The molecule has 0 radical (unpaired) electrons. The summed E-state index contributed by atoms with van der Waals surface area (Å²) in [5.74, 6) is 4.26. The van der Waals surface area contributed by atoms with Crippen molar-refractivity contribution in [3.63, 3.8) is 0 Å². The summed E-state index contributed by atoms with van der Waals surface area (Å²) < 4.78 is 0. The van der Waals surface area contributed by atoms with Crippen LogP contribution in [-0.2, 0) is 5.41 Å². The second-order valence-corrected chi connectivity index (χ2v) is 13.8. The maximum atomic E-state index is 5.18. The highest BCUT2D eigenvalue weighted by Gasteiger charge is 2.60. The molecule has 5 unspecified atom stereocenters. The van der Waals surface area contributed by atoms with Crippen LogP contribution < -0.4 is 0 Å². The molecule has 0 aliphatic heterocycles. The Labute approximate surface area is 289 Å². The molecule has 3 nitrogen and oxygen atoms in total. The first-order chi connectivity index (χ1) is 24.3. The first-order valence-electron chi connectivity index (χ1n) is 17.8. The van der Waals surface area contributed by atoms with Crippen LogP contribution in [0.25, 0.3) is 45.3 Å². The minimum atomic E-state index is -0.125. The van der Waals surface area contributed by atoms with E-state index < -0.39 is 0 Å². The number of hydrogen-bond donors (Lipinski definition) is 0. The zero-order valence-electron chi connectivity index (χ0n) is 27.6. The molecule has 3 heteroatoms. The Morgan fingerprint density at radius 1 is 0.449 bits per heavy atom. The van der Waals surface area contributed by atoms with Crippen molar-refractivity contribution in [1.82, 2.24) is 15.0 Å². The molecule has 5 aromatic carbocycles. The van der Waals surface area contributed by atoms with Crippen molar-refractivity contribution >= 4 is 0 Å². The zero-order chi connectivity index (χ0) is 32.6. The highest BCUT2D eigenvalue weighted by Crippen LogP contribution is 2.64. The van der Waals surface area contributed by atoms with Gasteiger partial charge in [0, 0.05) is 22.1 Å². The molecule has 1 saturated carbocycles. The molecule has 49 heavy (non-hydrogen) atoms. The largest absolute Gasteiger partial charge is 0.208 e. The summed E-state index contributed by atoms with van der Waals surface area (Å²) in [6.45, 7) is 0. The third-order valence-electron chi connectivity index (χ3n) is 11.3. The smallest absolute Gasteiger partial charge is 0.164 e. The van der Waals surface area contributed by atoms with Crippen molar-refractivity contribution < 1.29 is 0 Å². The van der Waals surface area contributed by atoms with Crippen LogP contribution in [-0.4, -0.2) is 15.0 Å². The maximum Gasteiger partial charge on any atom is 0.164 e. The van der Waals surface area contributed by atoms with Gasteiger partial charge in [0.15, 0.2) is 17.5 Å². The molecule has 0 amide bonds. The van der Waals surface area contributed by atoms with Gasteiger partial charge in [-0.3, -0.25) is 0 Å². The highest BCUT2D eigenvalue weighted by atomic mass is 15.0. The number of aromatic nitrogens is 3. The standard InChI is InChI=1S/C46H39N3/c1-4-15-32(16-5-1)33-27-29-35(30-28-33)44-47-43(34-17-6-2-7-18-34)48-45(49-44)36-19-14-22-38(31-36)46(37-20-8-3-9-21-37)41-25-12-10-23-39(41)40-24-11-13-26-42(40)46/h1-10,13-23,26-31,39-42H,11-12,24-25H2. The Morgan fingerprint density at radius 3 is 1.67 bits per heavy atom. The molecule has 3 aliphatic carbocycles. The number of hydrogen-bond acceptors (Lipinski definition) is 3. The summed E-state index contributed by atoms with van der Waals surface area (Å²) in [6.07, 6.45) is 14.8. The molecule has 5 atom stereocenters. The molecule has 1 heterocycles. The number of fused-ring (bicyclic) bond motifs is 3. The summed E-state index contributed by atoms with van der Waals surface area (Å²) in [4.78, 5) is 15.4. The molecular formula is C46H39N3. The van der Waals surface area contributed by atoms with Crippen molar-refractivity contribution in [2.75, 3.05) is 0 Å². The van der Waals surface area contributed by atoms with Crippen LogP contribution >= 0.6 is 0 Å². The van der Waals surface area contributed by atoms with Crippen molar-refractivity contribution in [3.05, 3.63) is 175 Å². The lowest BCUT2D eigenvalue weighted by atomic mass is 9.59. The van der Waals surface area contributed by atoms with Gasteiger partial charge >= 0.3 is 0 Å². The van der Waals surface area contributed by atoms with Crippen molar-refractivity contribution in [1.29, 1.82) is 0 Å². The fourth-order valence-corrected chi connectivity index (χ4v) is 9.25. The number of allylic oxidation sites excluding steroid dienone is 4. The summed E-state index contributed by atoms with van der Waals surface area (Å²) in [5, 5.41) is 0. The molecule has 9 rings (SSSR count). The monoisotopic (exact) mass is 633 g/mol. The van der Waals surface area contributed by atoms with Gasteiger partial charge in [0.05, 0.1) is 0 Å². The molecule has 0 bridgehead atoms. The molecule has 0 saturated heterocycles. The first-order valence-corrected chi connectivity index (χ1v) is 17.8. The highest BCUT2D eigenvalue weighted by molar-refractivity contribution is 5.71. The van der Waals surface area contributed by atoms with Gasteiger partial charge < -0.3 is 0 Å². The van der Waals surface area contributed by atoms with E-state index in [0.717, 1.165) is 23.1 Å². The normalized spacial score (nSPS) is 23.9. The fourth-order valence-electron chi connectivity index (χ4n) is 9.25. The van der Waals surface area contributed by atoms with Crippen LogP contribution in [0.15, 0.2) is 164 Å². The third-order valence-corrected chi connectivity index (χ3v) is 11.3. The van der Waals surface area contributed by atoms with E-state index in [1.165, 1.54) is 41.5 Å². The van der Waals surface area contributed by atoms with E-state index in [0.29, 0.717) is 41.1 Å². The van der Waals surface area contributed by atoms with Gasteiger partial charge in [-0.05, 0) is 77.7 Å². The fraction of sp³-hybridized carbons (Fsp3) is 0.196. The molecule has 1 fully saturated rings. The van der Waals surface area contributed by atoms with Crippen LogP contribution in [0.1, 0.15) is 36.8 Å². The summed E-state index contributed by atoms with van der Waals surface area (Å²) in [6, 6.07) is 49.8. The lowest BCUT2D eigenvalue weighted by Gasteiger charge is -2.43. The van der Waals surface area contributed by atoms with Gasteiger partial charge in [0.2, 0.25) is 0 Å². The molecule has 0 N–H and O–H groups in total. The van der Waals surface area contributed by atoms with Gasteiger partial charge in [-0.15, -0.1) is 0 Å². The Morgan fingerprint density at radius 2 is 0.959 bits per heavy atom. The summed E-state index contributed by atoms with van der Waals surface area (Å²) >= 11 is 0. The topological polar surface area (TPSA) is 38.7 Å². The van der Waals surface area contributed by atoms with E-state index >= 15 is 0 Å². The van der Waals surface area contributed by atoms with E-state index in [9.17, 15) is 0 Å². The van der Waals surface area contributed by atoms with Crippen molar-refractivity contribution in [3.8, 4) is 45.3 Å². The first kappa shape index (κ1) is 29.7. The lowest BCUT2D eigenvalue weighted by Crippen LogP contribution is -2.40. The number of rotatable bonds is 6.